The molecule has 0 bridgehead atoms. The average Bonchev–Trinajstić information content (AvgIpc) is 2.84. The van der Waals surface area contributed by atoms with Crippen LogP contribution in [-0.2, 0) is 6.54 Å². The Labute approximate surface area is 169 Å². The number of allylic oxidation sites excluding steroid dienone is 4. The third-order valence-corrected chi connectivity index (χ3v) is 5.57. The van der Waals surface area contributed by atoms with Crippen molar-refractivity contribution >= 4 is 11.0 Å². The van der Waals surface area contributed by atoms with E-state index in [0.717, 1.165) is 50.2 Å². The summed E-state index contributed by atoms with van der Waals surface area (Å²) in [5.74, 6) is 0. The minimum Gasteiger partial charge on any atom is -0.379 e. The van der Waals surface area contributed by atoms with Gasteiger partial charge in [0.2, 0.25) is 0 Å². The molecule has 1 aliphatic heterocycles. The molecule has 1 aliphatic carbocycles. The van der Waals surface area contributed by atoms with E-state index >= 15 is 0 Å². The number of likely N-dealkylation sites (N-methyl/N-ethyl adjacent to an activating group) is 1. The third kappa shape index (κ3) is 4.09. The molecule has 148 valence electrons. The molecule has 0 spiro atoms. The molecule has 2 heterocycles. The van der Waals surface area contributed by atoms with Crippen molar-refractivity contribution in [2.75, 3.05) is 33.2 Å². The Bertz CT molecular complexity index is 955. The molecule has 0 amide bonds. The number of nitrogens with one attached hydrogen (secondary N) is 1. The molecule has 0 saturated carbocycles. The second-order valence-corrected chi connectivity index (χ2v) is 7.92. The number of fused-ring (bicyclic) bond motifs is 1. The van der Waals surface area contributed by atoms with Crippen LogP contribution in [0.5, 0.6) is 0 Å². The molecule has 1 N–H and O–H groups in total. The van der Waals surface area contributed by atoms with E-state index in [1.165, 1.54) is 28.1 Å². The number of hydrogen-bond donors (Lipinski definition) is 1. The maximum atomic E-state index is 4.43. The van der Waals surface area contributed by atoms with Crippen molar-refractivity contribution in [1.29, 1.82) is 0 Å². The van der Waals surface area contributed by atoms with Crippen LogP contribution in [0.4, 0.5) is 0 Å². The normalized spacial score (nSPS) is 18.8. The van der Waals surface area contributed by atoms with E-state index in [4.69, 9.17) is 0 Å². The van der Waals surface area contributed by atoms with E-state index in [1.54, 1.807) is 12.4 Å². The fourth-order valence-corrected chi connectivity index (χ4v) is 4.02. The Morgan fingerprint density at radius 3 is 2.54 bits per heavy atom. The number of aromatic nitrogens is 2. The van der Waals surface area contributed by atoms with Crippen LogP contribution in [0, 0.1) is 0 Å². The Balaban J connectivity index is 0.00000240. The van der Waals surface area contributed by atoms with E-state index in [-0.39, 0.29) is 1.43 Å². The Morgan fingerprint density at radius 1 is 1.00 bits per heavy atom. The summed E-state index contributed by atoms with van der Waals surface area (Å²) in [4.78, 5) is 13.7. The van der Waals surface area contributed by atoms with E-state index in [2.05, 4.69) is 70.3 Å². The monoisotopic (exact) mass is 377 g/mol. The lowest BCUT2D eigenvalue weighted by molar-refractivity contribution is 0.186. The highest BCUT2D eigenvalue weighted by Crippen LogP contribution is 2.27. The first-order valence-corrected chi connectivity index (χ1v) is 10.0. The predicted octanol–water partition coefficient (Wildman–Crippen LogP) is 3.72. The predicted molar refractivity (Wildman–Crippen MR) is 117 cm³/mol. The molecule has 28 heavy (non-hydrogen) atoms. The topological polar surface area (TPSA) is 44.3 Å². The van der Waals surface area contributed by atoms with Crippen molar-refractivity contribution < 1.29 is 1.43 Å². The summed E-state index contributed by atoms with van der Waals surface area (Å²) in [6.07, 6.45) is 9.02. The zero-order valence-corrected chi connectivity index (χ0v) is 17.1. The fraction of sp³-hybridized carbons (Fsp3) is 0.391. The lowest BCUT2D eigenvalue weighted by Gasteiger charge is -2.37. The van der Waals surface area contributed by atoms with Gasteiger partial charge in [-0.2, -0.15) is 0 Å². The van der Waals surface area contributed by atoms with Crippen molar-refractivity contribution in [3.05, 3.63) is 70.8 Å². The van der Waals surface area contributed by atoms with Crippen LogP contribution < -0.4 is 5.32 Å². The Morgan fingerprint density at radius 2 is 1.75 bits per heavy atom. The molecular weight excluding hydrogens is 346 g/mol. The molecule has 5 heteroatoms. The van der Waals surface area contributed by atoms with Crippen molar-refractivity contribution in [1.82, 2.24) is 25.1 Å². The molecule has 1 aromatic heterocycles. The highest BCUT2D eigenvalue weighted by molar-refractivity contribution is 5.74. The number of hydrogen-bond acceptors (Lipinski definition) is 5. The summed E-state index contributed by atoms with van der Waals surface area (Å²) < 4.78 is 0. The zero-order valence-electron chi connectivity index (χ0n) is 17.1. The number of rotatable bonds is 4. The van der Waals surface area contributed by atoms with Gasteiger partial charge >= 0.3 is 0 Å². The SMILES string of the molecule is CC1=CC=C(NCc2ccc3nccnc3c2)C(N2CCN(C)CC2)=C(C)C1.[HH]. The van der Waals surface area contributed by atoms with Crippen LogP contribution in [-0.4, -0.2) is 53.0 Å². The summed E-state index contributed by atoms with van der Waals surface area (Å²) in [5, 5.41) is 3.71. The molecule has 4 rings (SSSR count). The highest BCUT2D eigenvalue weighted by atomic mass is 15.3. The van der Waals surface area contributed by atoms with Crippen molar-refractivity contribution in [3.63, 3.8) is 0 Å². The summed E-state index contributed by atoms with van der Waals surface area (Å²) in [6, 6.07) is 6.31. The van der Waals surface area contributed by atoms with Gasteiger partial charge in [-0.3, -0.25) is 9.97 Å². The maximum Gasteiger partial charge on any atom is 0.0890 e. The van der Waals surface area contributed by atoms with E-state index in [9.17, 15) is 0 Å². The van der Waals surface area contributed by atoms with Gasteiger partial charge in [-0.05, 0) is 56.7 Å². The van der Waals surface area contributed by atoms with Gasteiger partial charge in [0, 0.05) is 46.5 Å². The summed E-state index contributed by atoms with van der Waals surface area (Å²) >= 11 is 0. The molecule has 1 saturated heterocycles. The third-order valence-electron chi connectivity index (χ3n) is 5.57. The van der Waals surface area contributed by atoms with Gasteiger partial charge in [0.15, 0.2) is 0 Å². The molecule has 2 aliphatic rings. The van der Waals surface area contributed by atoms with Gasteiger partial charge in [-0.1, -0.05) is 17.7 Å². The quantitative estimate of drug-likeness (QED) is 0.880. The molecule has 0 unspecified atom stereocenters. The van der Waals surface area contributed by atoms with Crippen molar-refractivity contribution in [3.8, 4) is 0 Å². The maximum absolute atomic E-state index is 4.43. The summed E-state index contributed by atoms with van der Waals surface area (Å²) in [5.41, 5.74) is 8.54. The molecule has 2 aromatic rings. The van der Waals surface area contributed by atoms with Crippen molar-refractivity contribution in [2.24, 2.45) is 0 Å². The molecule has 0 radical (unpaired) electrons. The highest BCUT2D eigenvalue weighted by Gasteiger charge is 2.22. The minimum atomic E-state index is 0. The Kier molecular flexibility index (Phi) is 5.44. The van der Waals surface area contributed by atoms with Gasteiger partial charge in [-0.25, -0.2) is 0 Å². The fourth-order valence-electron chi connectivity index (χ4n) is 4.02. The van der Waals surface area contributed by atoms with Gasteiger partial charge in [0.25, 0.3) is 0 Å². The van der Waals surface area contributed by atoms with Gasteiger partial charge in [0.05, 0.1) is 22.4 Å². The van der Waals surface area contributed by atoms with Crippen LogP contribution in [0.2, 0.25) is 0 Å². The first kappa shape index (κ1) is 18.7. The van der Waals surface area contributed by atoms with E-state index < -0.39 is 0 Å². The van der Waals surface area contributed by atoms with Gasteiger partial charge in [0.1, 0.15) is 0 Å². The van der Waals surface area contributed by atoms with Crippen LogP contribution in [0.15, 0.2) is 65.3 Å². The molecule has 1 aromatic carbocycles. The summed E-state index contributed by atoms with van der Waals surface area (Å²) in [6.45, 7) is 9.64. The van der Waals surface area contributed by atoms with Crippen LogP contribution in [0.25, 0.3) is 11.0 Å². The molecule has 1 fully saturated rings. The first-order valence-electron chi connectivity index (χ1n) is 10.0. The zero-order chi connectivity index (χ0) is 19.5. The van der Waals surface area contributed by atoms with Crippen molar-refractivity contribution in [2.45, 2.75) is 26.8 Å². The number of piperazine rings is 1. The van der Waals surface area contributed by atoms with Crippen LogP contribution >= 0.6 is 0 Å². The number of nitrogens with zero attached hydrogens (tertiary/aromatic N) is 4. The van der Waals surface area contributed by atoms with E-state index in [1.807, 2.05) is 6.07 Å². The molecule has 0 atom stereocenters. The smallest absolute Gasteiger partial charge is 0.0890 e. The largest absolute Gasteiger partial charge is 0.379 e. The second kappa shape index (κ2) is 8.15. The van der Waals surface area contributed by atoms with Gasteiger partial charge < -0.3 is 15.1 Å². The van der Waals surface area contributed by atoms with Crippen LogP contribution in [0.3, 0.4) is 0 Å². The lowest BCUT2D eigenvalue weighted by Crippen LogP contribution is -2.45. The first-order chi connectivity index (χ1) is 13.6. The van der Waals surface area contributed by atoms with Gasteiger partial charge in [-0.15, -0.1) is 0 Å². The van der Waals surface area contributed by atoms with E-state index in [0.29, 0.717) is 0 Å². The number of benzene rings is 1. The average molecular weight is 378 g/mol. The summed E-state index contributed by atoms with van der Waals surface area (Å²) in [7, 11) is 2.20. The molecule has 5 nitrogen and oxygen atoms in total. The Hall–Kier alpha value is -2.66. The standard InChI is InChI=1S/C23H29N5.H2/c1-17-4-6-21(23(18(2)14-17)28-12-10-27(3)11-13-28)26-16-19-5-7-20-22(15-19)25-9-8-24-20;/h4-9,15,26H,10-14,16H2,1-3H3;1H. The van der Waals surface area contributed by atoms with Crippen LogP contribution in [0.1, 0.15) is 27.3 Å². The minimum absolute atomic E-state index is 0. The molecular formula is C23H31N5. The second-order valence-electron chi connectivity index (χ2n) is 7.92. The lowest BCUT2D eigenvalue weighted by atomic mass is 10.1.